The van der Waals surface area contributed by atoms with Gasteiger partial charge in [-0.3, -0.25) is 9.52 Å². The summed E-state index contributed by atoms with van der Waals surface area (Å²) in [6, 6.07) is 12.4. The fourth-order valence-corrected chi connectivity index (χ4v) is 4.67. The molecule has 0 radical (unpaired) electrons. The molecular formula is C25H25F3N2O7S2. The number of hydrogen-bond acceptors (Lipinski definition) is 7. The Morgan fingerprint density at radius 2 is 1.62 bits per heavy atom. The van der Waals surface area contributed by atoms with Crippen LogP contribution in [0.2, 0.25) is 0 Å². The van der Waals surface area contributed by atoms with Crippen molar-refractivity contribution >= 4 is 37.1 Å². The Bertz CT molecular complexity index is 1570. The molecule has 3 aromatic carbocycles. The number of hydrogen-bond donors (Lipinski definition) is 3. The molecule has 0 aliphatic carbocycles. The lowest BCUT2D eigenvalue weighted by molar-refractivity contribution is -0.137. The number of sulfonamides is 1. The summed E-state index contributed by atoms with van der Waals surface area (Å²) in [5.74, 6) is -0.996. The van der Waals surface area contributed by atoms with E-state index >= 15 is 0 Å². The quantitative estimate of drug-likeness (QED) is 0.180. The average Bonchev–Trinajstić information content (AvgIpc) is 2.82. The number of sulfone groups is 1. The molecule has 0 fully saturated rings. The van der Waals surface area contributed by atoms with E-state index in [1.54, 1.807) is 0 Å². The number of carbonyl (C=O) groups excluding carboxylic acids is 1. The molecule has 0 unspecified atom stereocenters. The molecule has 3 N–H and O–H groups in total. The van der Waals surface area contributed by atoms with Crippen molar-refractivity contribution in [2.24, 2.45) is 0 Å². The third kappa shape index (κ3) is 8.89. The Balaban J connectivity index is 1.90. The molecule has 0 atom stereocenters. The number of carbonyl (C=O) groups is 1. The van der Waals surface area contributed by atoms with Gasteiger partial charge < -0.3 is 15.2 Å². The molecule has 9 nitrogen and oxygen atoms in total. The molecule has 0 aromatic heterocycles. The number of phenolic OH excluding ortho intramolecular Hbond substituents is 1. The SMILES string of the molecule is CS(=O)(=O)CCCOc1cc(C(=O)Nc2ccc(O)c(NS(C)(=O)=O)c2)ccc1-c1ccc(C(F)(F)F)cc1. The number of amides is 1. The summed E-state index contributed by atoms with van der Waals surface area (Å²) < 4.78 is 92.7. The summed E-state index contributed by atoms with van der Waals surface area (Å²) >= 11 is 0. The molecule has 39 heavy (non-hydrogen) atoms. The summed E-state index contributed by atoms with van der Waals surface area (Å²) in [5.41, 5.74) is 0.0206. The molecular weight excluding hydrogens is 561 g/mol. The Morgan fingerprint density at radius 3 is 2.21 bits per heavy atom. The first-order valence-electron chi connectivity index (χ1n) is 11.3. The second kappa shape index (κ2) is 11.5. The lowest BCUT2D eigenvalue weighted by Crippen LogP contribution is -2.14. The van der Waals surface area contributed by atoms with Crippen molar-refractivity contribution in [3.8, 4) is 22.6 Å². The van der Waals surface area contributed by atoms with Crippen molar-refractivity contribution in [3.05, 3.63) is 71.8 Å². The van der Waals surface area contributed by atoms with Crippen molar-refractivity contribution in [2.75, 3.05) is 34.9 Å². The van der Waals surface area contributed by atoms with E-state index in [1.165, 1.54) is 48.5 Å². The Labute approximate surface area is 223 Å². The zero-order chi connectivity index (χ0) is 29.0. The van der Waals surface area contributed by atoms with Crippen LogP contribution >= 0.6 is 0 Å². The number of ether oxygens (including phenoxy) is 1. The fraction of sp³-hybridized carbons (Fsp3) is 0.240. The fourth-order valence-electron chi connectivity index (χ4n) is 3.46. The molecule has 3 rings (SSSR count). The number of benzene rings is 3. The molecule has 210 valence electrons. The molecule has 1 amide bonds. The predicted octanol–water partition coefficient (Wildman–Crippen LogP) is 4.52. The monoisotopic (exact) mass is 586 g/mol. The highest BCUT2D eigenvalue weighted by atomic mass is 32.2. The Hall–Kier alpha value is -3.78. The maximum absolute atomic E-state index is 13.0. The number of phenols is 1. The van der Waals surface area contributed by atoms with Gasteiger partial charge in [-0.1, -0.05) is 12.1 Å². The first-order valence-corrected chi connectivity index (χ1v) is 15.2. The number of anilines is 2. The molecule has 3 aromatic rings. The molecule has 0 spiro atoms. The lowest BCUT2D eigenvalue weighted by atomic mass is 10.0. The van der Waals surface area contributed by atoms with Crippen molar-refractivity contribution in [1.82, 2.24) is 0 Å². The number of alkyl halides is 3. The van der Waals surface area contributed by atoms with E-state index in [9.17, 15) is 39.9 Å². The van der Waals surface area contributed by atoms with E-state index in [0.29, 0.717) is 11.1 Å². The smallest absolute Gasteiger partial charge is 0.416 e. The largest absolute Gasteiger partial charge is 0.506 e. The molecule has 0 bridgehead atoms. The molecule has 0 aliphatic heterocycles. The highest BCUT2D eigenvalue weighted by Gasteiger charge is 2.30. The molecule has 0 saturated carbocycles. The number of nitrogens with one attached hydrogen (secondary N) is 2. The molecule has 0 heterocycles. The minimum atomic E-state index is -4.52. The summed E-state index contributed by atoms with van der Waals surface area (Å²) in [6.07, 6.45) is -2.40. The minimum absolute atomic E-state index is 0.0374. The van der Waals surface area contributed by atoms with Crippen LogP contribution in [0.5, 0.6) is 11.5 Å². The van der Waals surface area contributed by atoms with Crippen LogP contribution in [-0.4, -0.2) is 52.7 Å². The lowest BCUT2D eigenvalue weighted by Gasteiger charge is -2.15. The van der Waals surface area contributed by atoms with E-state index in [-0.39, 0.29) is 47.2 Å². The average molecular weight is 587 g/mol. The number of rotatable bonds is 10. The highest BCUT2D eigenvalue weighted by Crippen LogP contribution is 2.35. The first-order chi connectivity index (χ1) is 18.0. The van der Waals surface area contributed by atoms with Gasteiger partial charge in [0.1, 0.15) is 21.3 Å². The van der Waals surface area contributed by atoms with Crippen LogP contribution < -0.4 is 14.8 Å². The van der Waals surface area contributed by atoms with E-state index in [1.807, 2.05) is 0 Å². The summed E-state index contributed by atoms with van der Waals surface area (Å²) in [5, 5.41) is 12.4. The molecule has 0 aliphatic rings. The van der Waals surface area contributed by atoms with Gasteiger partial charge in [0.2, 0.25) is 10.0 Å². The van der Waals surface area contributed by atoms with Crippen molar-refractivity contribution in [1.29, 1.82) is 0 Å². The van der Waals surface area contributed by atoms with Crippen LogP contribution in [-0.2, 0) is 26.0 Å². The Morgan fingerprint density at radius 1 is 0.949 bits per heavy atom. The number of aromatic hydroxyl groups is 1. The van der Waals surface area contributed by atoms with Crippen LogP contribution in [0.25, 0.3) is 11.1 Å². The molecule has 0 saturated heterocycles. The first kappa shape index (κ1) is 29.8. The van der Waals surface area contributed by atoms with Gasteiger partial charge in [-0.05, 0) is 60.5 Å². The van der Waals surface area contributed by atoms with Gasteiger partial charge in [-0.25, -0.2) is 16.8 Å². The van der Waals surface area contributed by atoms with Crippen LogP contribution in [0.15, 0.2) is 60.7 Å². The predicted molar refractivity (Wildman–Crippen MR) is 141 cm³/mol. The summed E-state index contributed by atoms with van der Waals surface area (Å²) in [7, 11) is -6.95. The van der Waals surface area contributed by atoms with E-state index in [0.717, 1.165) is 24.6 Å². The summed E-state index contributed by atoms with van der Waals surface area (Å²) in [4.78, 5) is 12.9. The van der Waals surface area contributed by atoms with Gasteiger partial charge in [-0.2, -0.15) is 13.2 Å². The maximum atomic E-state index is 13.0. The van der Waals surface area contributed by atoms with Crippen LogP contribution in [0, 0.1) is 0 Å². The van der Waals surface area contributed by atoms with Crippen LogP contribution in [0.1, 0.15) is 22.3 Å². The maximum Gasteiger partial charge on any atom is 0.416 e. The zero-order valence-electron chi connectivity index (χ0n) is 20.7. The van der Waals surface area contributed by atoms with Gasteiger partial charge in [0, 0.05) is 23.1 Å². The van der Waals surface area contributed by atoms with E-state index in [4.69, 9.17) is 4.74 Å². The van der Waals surface area contributed by atoms with Gasteiger partial charge in [0.05, 0.1) is 29.9 Å². The third-order valence-electron chi connectivity index (χ3n) is 5.23. The summed E-state index contributed by atoms with van der Waals surface area (Å²) in [6.45, 7) is -0.0374. The van der Waals surface area contributed by atoms with Crippen molar-refractivity contribution in [2.45, 2.75) is 12.6 Å². The minimum Gasteiger partial charge on any atom is -0.506 e. The normalized spacial score (nSPS) is 12.1. The number of halogens is 3. The van der Waals surface area contributed by atoms with E-state index < -0.39 is 37.5 Å². The topological polar surface area (TPSA) is 139 Å². The second-order valence-electron chi connectivity index (χ2n) is 8.68. The van der Waals surface area contributed by atoms with Crippen molar-refractivity contribution in [3.63, 3.8) is 0 Å². The van der Waals surface area contributed by atoms with E-state index in [2.05, 4.69) is 10.0 Å². The highest BCUT2D eigenvalue weighted by molar-refractivity contribution is 7.92. The van der Waals surface area contributed by atoms with Crippen molar-refractivity contribution < 1.29 is 44.6 Å². The second-order valence-corrected chi connectivity index (χ2v) is 12.7. The van der Waals surface area contributed by atoms with Crippen LogP contribution in [0.4, 0.5) is 24.5 Å². The van der Waals surface area contributed by atoms with Gasteiger partial charge >= 0.3 is 6.18 Å². The van der Waals surface area contributed by atoms with Crippen LogP contribution in [0.3, 0.4) is 0 Å². The van der Waals surface area contributed by atoms with Gasteiger partial charge in [-0.15, -0.1) is 0 Å². The standard InChI is InChI=1S/C25H25F3N2O7S2/c1-38(33,34)13-3-12-37-23-14-17(6-10-20(23)16-4-7-18(8-5-16)25(26,27)28)24(32)29-19-9-11-22(31)21(15-19)30-39(2,35)36/h4-11,14-15,30-31H,3,12-13H2,1-2H3,(H,29,32). The Kier molecular flexibility index (Phi) is 8.80. The third-order valence-corrected chi connectivity index (χ3v) is 6.85. The van der Waals surface area contributed by atoms with Gasteiger partial charge in [0.25, 0.3) is 5.91 Å². The molecule has 14 heteroatoms. The van der Waals surface area contributed by atoms with Gasteiger partial charge in [0.15, 0.2) is 0 Å². The zero-order valence-corrected chi connectivity index (χ0v) is 22.4.